The van der Waals surface area contributed by atoms with Gasteiger partial charge < -0.3 is 24.8 Å². The van der Waals surface area contributed by atoms with Crippen molar-refractivity contribution in [1.29, 1.82) is 0 Å². The smallest absolute Gasteiger partial charge is 0.312 e. The van der Waals surface area contributed by atoms with Crippen molar-refractivity contribution in [3.05, 3.63) is 0 Å². The van der Waals surface area contributed by atoms with Crippen molar-refractivity contribution in [1.82, 2.24) is 10.2 Å². The minimum absolute atomic E-state index is 0.157. The second-order valence-corrected chi connectivity index (χ2v) is 9.29. The number of likely N-dealkylation sites (tertiary alicyclic amines) is 1. The number of rotatable bonds is 12. The summed E-state index contributed by atoms with van der Waals surface area (Å²) in [5.41, 5.74) is -1.74. The van der Waals surface area contributed by atoms with Gasteiger partial charge in [0.15, 0.2) is 0 Å². The maximum Gasteiger partial charge on any atom is 0.312 e. The molecule has 3 rings (SSSR count). The summed E-state index contributed by atoms with van der Waals surface area (Å²) in [7, 11) is 0. The molecule has 0 radical (unpaired) electrons. The number of unbranched alkanes of at least 4 members (excludes halogenated alkanes) is 4. The normalized spacial score (nSPS) is 33.6. The van der Waals surface area contributed by atoms with Crippen LogP contribution in [-0.4, -0.2) is 71.3 Å². The molecule has 3 fully saturated rings. The lowest BCUT2D eigenvalue weighted by atomic mass is 9.66. The Morgan fingerprint density at radius 1 is 1.19 bits per heavy atom. The summed E-state index contributed by atoms with van der Waals surface area (Å²) < 4.78 is 11.8. The zero-order valence-corrected chi connectivity index (χ0v) is 19.2. The molecule has 3 heterocycles. The van der Waals surface area contributed by atoms with Crippen molar-refractivity contribution >= 4 is 17.8 Å². The SMILES string of the molecule is CCCCNC(=O)C1N(CCCCCCO)C(=O)[C@@H]2[C@@H](C(=O)OCC)[C@@]3(C)CCC12O3. The molecule has 2 N–H and O–H groups in total. The van der Waals surface area contributed by atoms with Crippen molar-refractivity contribution in [3.63, 3.8) is 0 Å². The van der Waals surface area contributed by atoms with E-state index in [0.29, 0.717) is 25.9 Å². The van der Waals surface area contributed by atoms with Gasteiger partial charge in [-0.15, -0.1) is 0 Å². The molecule has 2 amide bonds. The number of hydrogen-bond donors (Lipinski definition) is 2. The molecule has 1 spiro atoms. The van der Waals surface area contributed by atoms with Crippen LogP contribution >= 0.6 is 0 Å². The first-order valence-corrected chi connectivity index (χ1v) is 11.9. The van der Waals surface area contributed by atoms with E-state index in [0.717, 1.165) is 38.5 Å². The Morgan fingerprint density at radius 3 is 2.61 bits per heavy atom. The first-order chi connectivity index (χ1) is 14.9. The van der Waals surface area contributed by atoms with Crippen LogP contribution in [0.25, 0.3) is 0 Å². The maximum absolute atomic E-state index is 13.6. The lowest BCUT2D eigenvalue weighted by Gasteiger charge is -2.33. The van der Waals surface area contributed by atoms with Gasteiger partial charge in [-0.3, -0.25) is 14.4 Å². The Kier molecular flexibility index (Phi) is 7.63. The largest absolute Gasteiger partial charge is 0.466 e. The van der Waals surface area contributed by atoms with Gasteiger partial charge in [-0.2, -0.15) is 0 Å². The van der Waals surface area contributed by atoms with Crippen molar-refractivity contribution in [2.24, 2.45) is 11.8 Å². The van der Waals surface area contributed by atoms with Gasteiger partial charge in [0.2, 0.25) is 11.8 Å². The molecule has 2 unspecified atom stereocenters. The fourth-order valence-electron chi connectivity index (χ4n) is 5.79. The number of aliphatic hydroxyl groups excluding tert-OH is 1. The standard InChI is InChI=1S/C23H38N2O6/c1-4-6-13-24-19(27)18-23-12-11-22(3,31-23)17(21(29)30-5-2)16(23)20(28)25(18)14-9-7-8-10-15-26/h16-18,26H,4-15H2,1-3H3,(H,24,27)/t16-,17-,18?,22+,23?/m0/s1. The highest BCUT2D eigenvalue weighted by atomic mass is 16.6. The number of aliphatic hydroxyl groups is 1. The average Bonchev–Trinajstić information content (AvgIpc) is 3.29. The first-order valence-electron chi connectivity index (χ1n) is 11.9. The molecule has 0 aromatic heterocycles. The van der Waals surface area contributed by atoms with E-state index in [1.807, 2.05) is 6.92 Å². The van der Waals surface area contributed by atoms with Crippen LogP contribution in [0, 0.1) is 11.8 Å². The number of carbonyl (C=O) groups excluding carboxylic acids is 3. The van der Waals surface area contributed by atoms with Crippen LogP contribution < -0.4 is 5.32 Å². The molecule has 0 aliphatic carbocycles. The Bertz CT molecular complexity index is 685. The fourth-order valence-corrected chi connectivity index (χ4v) is 5.79. The summed E-state index contributed by atoms with van der Waals surface area (Å²) in [5, 5.41) is 12.0. The predicted molar refractivity (Wildman–Crippen MR) is 114 cm³/mol. The van der Waals surface area contributed by atoms with E-state index < -0.39 is 35.0 Å². The van der Waals surface area contributed by atoms with Gasteiger partial charge in [0.25, 0.3) is 0 Å². The lowest BCUT2D eigenvalue weighted by Crippen LogP contribution is -2.55. The molecular weight excluding hydrogens is 400 g/mol. The van der Waals surface area contributed by atoms with Crippen LogP contribution in [0.5, 0.6) is 0 Å². The van der Waals surface area contributed by atoms with Crippen LogP contribution in [0.3, 0.4) is 0 Å². The molecule has 0 aromatic carbocycles. The molecule has 0 saturated carbocycles. The van der Waals surface area contributed by atoms with E-state index in [4.69, 9.17) is 14.6 Å². The van der Waals surface area contributed by atoms with Gasteiger partial charge in [-0.05, 0) is 46.0 Å². The van der Waals surface area contributed by atoms with Crippen molar-refractivity contribution < 1.29 is 29.0 Å². The highest BCUT2D eigenvalue weighted by Gasteiger charge is 2.78. The summed E-state index contributed by atoms with van der Waals surface area (Å²) >= 11 is 0. The summed E-state index contributed by atoms with van der Waals surface area (Å²) in [4.78, 5) is 41.4. The van der Waals surface area contributed by atoms with Crippen molar-refractivity contribution in [2.75, 3.05) is 26.3 Å². The minimum atomic E-state index is -0.968. The van der Waals surface area contributed by atoms with E-state index in [1.165, 1.54) is 0 Å². The number of nitrogens with zero attached hydrogens (tertiary/aromatic N) is 1. The van der Waals surface area contributed by atoms with Crippen LogP contribution in [0.4, 0.5) is 0 Å². The zero-order chi connectivity index (χ0) is 22.6. The molecule has 176 valence electrons. The van der Waals surface area contributed by atoms with Crippen LogP contribution in [-0.2, 0) is 23.9 Å². The molecule has 8 heteroatoms. The number of ether oxygens (including phenoxy) is 2. The molecule has 5 atom stereocenters. The van der Waals surface area contributed by atoms with E-state index in [1.54, 1.807) is 11.8 Å². The lowest BCUT2D eigenvalue weighted by molar-refractivity contribution is -0.159. The predicted octanol–water partition coefficient (Wildman–Crippen LogP) is 1.78. The van der Waals surface area contributed by atoms with Gasteiger partial charge in [-0.25, -0.2) is 0 Å². The highest BCUT2D eigenvalue weighted by molar-refractivity contribution is 5.98. The topological polar surface area (TPSA) is 105 Å². The number of amides is 2. The van der Waals surface area contributed by atoms with E-state index in [9.17, 15) is 14.4 Å². The first kappa shape index (κ1) is 24.0. The molecule has 3 aliphatic rings. The molecule has 3 aliphatic heterocycles. The minimum Gasteiger partial charge on any atom is -0.466 e. The third-order valence-electron chi connectivity index (χ3n) is 7.20. The van der Waals surface area contributed by atoms with Crippen molar-refractivity contribution in [3.8, 4) is 0 Å². The third kappa shape index (κ3) is 4.21. The van der Waals surface area contributed by atoms with Gasteiger partial charge >= 0.3 is 5.97 Å². The average molecular weight is 439 g/mol. The Morgan fingerprint density at radius 2 is 1.94 bits per heavy atom. The Balaban J connectivity index is 1.86. The van der Waals surface area contributed by atoms with Crippen LogP contribution in [0.1, 0.15) is 72.1 Å². The van der Waals surface area contributed by atoms with Gasteiger partial charge in [0.05, 0.1) is 18.1 Å². The Labute approximate surface area is 185 Å². The maximum atomic E-state index is 13.6. The number of nitrogens with one attached hydrogen (secondary N) is 1. The van der Waals surface area contributed by atoms with Gasteiger partial charge in [0, 0.05) is 19.7 Å². The van der Waals surface area contributed by atoms with Crippen LogP contribution in [0.2, 0.25) is 0 Å². The number of esters is 1. The number of hydrogen-bond acceptors (Lipinski definition) is 6. The molecule has 0 aromatic rings. The highest BCUT2D eigenvalue weighted by Crippen LogP contribution is 2.63. The summed E-state index contributed by atoms with van der Waals surface area (Å²) in [5.74, 6) is -2.11. The number of fused-ring (bicyclic) bond motifs is 1. The summed E-state index contributed by atoms with van der Waals surface area (Å²) in [6.45, 7) is 7.10. The van der Waals surface area contributed by atoms with Crippen molar-refractivity contribution in [2.45, 2.75) is 89.4 Å². The second-order valence-electron chi connectivity index (χ2n) is 9.29. The molecule has 2 bridgehead atoms. The van der Waals surface area contributed by atoms with Gasteiger partial charge in [-0.1, -0.05) is 26.2 Å². The monoisotopic (exact) mass is 438 g/mol. The van der Waals surface area contributed by atoms with E-state index >= 15 is 0 Å². The summed E-state index contributed by atoms with van der Waals surface area (Å²) in [6.07, 6.45) is 6.26. The fraction of sp³-hybridized carbons (Fsp3) is 0.870. The molecule has 8 nitrogen and oxygen atoms in total. The van der Waals surface area contributed by atoms with E-state index in [-0.39, 0.29) is 25.0 Å². The second kappa shape index (κ2) is 9.86. The molecule has 31 heavy (non-hydrogen) atoms. The quantitative estimate of drug-likeness (QED) is 0.355. The Hall–Kier alpha value is -1.67. The molecular formula is C23H38N2O6. The third-order valence-corrected chi connectivity index (χ3v) is 7.20. The zero-order valence-electron chi connectivity index (χ0n) is 19.2. The number of carbonyl (C=O) groups is 3. The van der Waals surface area contributed by atoms with E-state index in [2.05, 4.69) is 12.2 Å². The molecule has 3 saturated heterocycles. The summed E-state index contributed by atoms with van der Waals surface area (Å²) in [6, 6.07) is -0.721. The van der Waals surface area contributed by atoms with Gasteiger partial charge in [0.1, 0.15) is 17.6 Å². The van der Waals surface area contributed by atoms with Crippen LogP contribution in [0.15, 0.2) is 0 Å².